The van der Waals surface area contributed by atoms with Crippen LogP contribution >= 0.6 is 11.6 Å². The van der Waals surface area contributed by atoms with E-state index in [1.807, 2.05) is 30.3 Å². The molecule has 3 aromatic carbocycles. The van der Waals surface area contributed by atoms with Crippen LogP contribution in [0.4, 0.5) is 10.1 Å². The van der Waals surface area contributed by atoms with Crippen molar-refractivity contribution in [3.63, 3.8) is 0 Å². The molecular formula is C22H15ClFNO2. The van der Waals surface area contributed by atoms with Gasteiger partial charge >= 0.3 is 0 Å². The zero-order valence-corrected chi connectivity index (χ0v) is 15.0. The fraction of sp³-hybridized carbons (Fsp3) is 0.0455. The lowest BCUT2D eigenvalue weighted by molar-refractivity contribution is -0.110. The Bertz CT molecular complexity index is 1060. The number of halogens is 2. The van der Waals surface area contributed by atoms with Crippen molar-refractivity contribution in [1.82, 2.24) is 0 Å². The Kier molecular flexibility index (Phi) is 4.65. The van der Waals surface area contributed by atoms with Gasteiger partial charge in [0.25, 0.3) is 5.91 Å². The molecule has 0 atom stereocenters. The van der Waals surface area contributed by atoms with Crippen molar-refractivity contribution < 1.29 is 13.9 Å². The van der Waals surface area contributed by atoms with Crippen LogP contribution in [0, 0.1) is 5.82 Å². The van der Waals surface area contributed by atoms with Gasteiger partial charge in [-0.05, 0) is 35.9 Å². The van der Waals surface area contributed by atoms with E-state index in [2.05, 4.69) is 5.32 Å². The molecule has 134 valence electrons. The zero-order valence-electron chi connectivity index (χ0n) is 14.2. The fourth-order valence-corrected chi connectivity index (χ4v) is 3.19. The van der Waals surface area contributed by atoms with Gasteiger partial charge in [0.2, 0.25) is 0 Å². The van der Waals surface area contributed by atoms with Crippen LogP contribution < -0.4 is 10.1 Å². The molecule has 0 spiro atoms. The third kappa shape index (κ3) is 3.57. The van der Waals surface area contributed by atoms with Crippen molar-refractivity contribution in [2.24, 2.45) is 0 Å². The average molecular weight is 380 g/mol. The summed E-state index contributed by atoms with van der Waals surface area (Å²) in [4.78, 5) is 12.2. The number of benzene rings is 3. The van der Waals surface area contributed by atoms with Crippen LogP contribution in [0.5, 0.6) is 5.75 Å². The maximum Gasteiger partial charge on any atom is 0.256 e. The molecule has 0 aromatic heterocycles. The summed E-state index contributed by atoms with van der Waals surface area (Å²) in [6.07, 6.45) is 1.79. The van der Waals surface area contributed by atoms with E-state index in [-0.39, 0.29) is 18.3 Å². The van der Waals surface area contributed by atoms with Gasteiger partial charge in [0.05, 0.1) is 5.02 Å². The van der Waals surface area contributed by atoms with Gasteiger partial charge in [-0.1, -0.05) is 54.1 Å². The zero-order chi connectivity index (χ0) is 18.8. The predicted molar refractivity (Wildman–Crippen MR) is 105 cm³/mol. The second-order valence-electron chi connectivity index (χ2n) is 6.13. The van der Waals surface area contributed by atoms with Crippen molar-refractivity contribution in [2.45, 2.75) is 6.61 Å². The molecule has 27 heavy (non-hydrogen) atoms. The summed E-state index contributed by atoms with van der Waals surface area (Å²) in [7, 11) is 0. The van der Waals surface area contributed by atoms with E-state index in [4.69, 9.17) is 16.3 Å². The number of carbonyl (C=O) groups excluding carboxylic acids is 1. The molecule has 1 amide bonds. The third-order valence-corrected chi connectivity index (χ3v) is 4.61. The van der Waals surface area contributed by atoms with Crippen LogP contribution in [0.15, 0.2) is 66.7 Å². The molecule has 0 fully saturated rings. The van der Waals surface area contributed by atoms with Gasteiger partial charge < -0.3 is 10.1 Å². The van der Waals surface area contributed by atoms with Crippen molar-refractivity contribution >= 4 is 34.8 Å². The van der Waals surface area contributed by atoms with Crippen LogP contribution in [0.3, 0.4) is 0 Å². The van der Waals surface area contributed by atoms with Crippen LogP contribution in [0.25, 0.3) is 11.6 Å². The second-order valence-corrected chi connectivity index (χ2v) is 6.53. The number of ether oxygens (including phenoxy) is 1. The van der Waals surface area contributed by atoms with Crippen LogP contribution in [0.2, 0.25) is 5.02 Å². The first-order valence-electron chi connectivity index (χ1n) is 8.40. The average Bonchev–Trinajstić information content (AvgIpc) is 2.98. The minimum Gasteiger partial charge on any atom is -0.487 e. The number of nitrogens with one attached hydrogen (secondary N) is 1. The first kappa shape index (κ1) is 17.3. The van der Waals surface area contributed by atoms with Crippen molar-refractivity contribution in [3.8, 4) is 5.75 Å². The molecule has 0 bridgehead atoms. The summed E-state index contributed by atoms with van der Waals surface area (Å²) in [5.74, 6) is -0.00793. The summed E-state index contributed by atoms with van der Waals surface area (Å²) in [5.41, 5.74) is 3.48. The van der Waals surface area contributed by atoms with Crippen LogP contribution in [-0.2, 0) is 11.4 Å². The van der Waals surface area contributed by atoms with E-state index in [9.17, 15) is 9.18 Å². The fourth-order valence-electron chi connectivity index (χ4n) is 2.94. The lowest BCUT2D eigenvalue weighted by Crippen LogP contribution is -2.03. The minimum atomic E-state index is -0.319. The van der Waals surface area contributed by atoms with E-state index in [1.54, 1.807) is 36.4 Å². The summed E-state index contributed by atoms with van der Waals surface area (Å²) in [6, 6.07) is 19.2. The maximum absolute atomic E-state index is 13.7. The van der Waals surface area contributed by atoms with Gasteiger partial charge in [0.1, 0.15) is 18.2 Å². The first-order valence-corrected chi connectivity index (χ1v) is 8.78. The molecule has 0 saturated carbocycles. The van der Waals surface area contributed by atoms with Gasteiger partial charge in [0, 0.05) is 22.4 Å². The van der Waals surface area contributed by atoms with Gasteiger partial charge in [-0.25, -0.2) is 4.39 Å². The minimum absolute atomic E-state index is 0.0859. The molecule has 1 aliphatic heterocycles. The summed E-state index contributed by atoms with van der Waals surface area (Å²) < 4.78 is 19.3. The number of carbonyl (C=O) groups is 1. The molecule has 5 heteroatoms. The highest BCUT2D eigenvalue weighted by molar-refractivity contribution is 6.35. The van der Waals surface area contributed by atoms with Gasteiger partial charge in [-0.3, -0.25) is 4.79 Å². The normalized spacial score (nSPS) is 14.1. The molecule has 1 aliphatic rings. The maximum atomic E-state index is 13.7. The van der Waals surface area contributed by atoms with E-state index in [0.717, 1.165) is 16.8 Å². The van der Waals surface area contributed by atoms with Crippen molar-refractivity contribution in [1.29, 1.82) is 0 Å². The van der Waals surface area contributed by atoms with E-state index >= 15 is 0 Å². The molecular weight excluding hydrogens is 365 g/mol. The smallest absolute Gasteiger partial charge is 0.256 e. The Morgan fingerprint density at radius 2 is 1.81 bits per heavy atom. The number of anilines is 1. The van der Waals surface area contributed by atoms with Crippen LogP contribution in [-0.4, -0.2) is 5.91 Å². The standard InChI is InChI=1S/C22H15ClFNO2/c23-18-12-14(11-17-16-6-2-4-8-20(16)25-22(17)26)9-10-21(18)27-13-15-5-1-3-7-19(15)24/h1-12H,13H2,(H,25,26)/b17-11-. The number of hydrogen-bond donors (Lipinski definition) is 1. The summed E-state index contributed by atoms with van der Waals surface area (Å²) in [6.45, 7) is 0.0859. The molecule has 0 aliphatic carbocycles. The Labute approximate surface area is 161 Å². The quantitative estimate of drug-likeness (QED) is 0.603. The van der Waals surface area contributed by atoms with Crippen molar-refractivity contribution in [3.05, 3.63) is 94.3 Å². The Hall–Kier alpha value is -3.11. The number of hydrogen-bond acceptors (Lipinski definition) is 2. The topological polar surface area (TPSA) is 38.3 Å². The largest absolute Gasteiger partial charge is 0.487 e. The number of para-hydroxylation sites is 1. The highest BCUT2D eigenvalue weighted by Crippen LogP contribution is 2.34. The van der Waals surface area contributed by atoms with E-state index in [0.29, 0.717) is 21.9 Å². The monoisotopic (exact) mass is 379 g/mol. The molecule has 3 nitrogen and oxygen atoms in total. The lowest BCUT2D eigenvalue weighted by atomic mass is 10.0. The SMILES string of the molecule is O=C1Nc2ccccc2/C1=C/c1ccc(OCc2ccccc2F)c(Cl)c1. The van der Waals surface area contributed by atoms with Gasteiger partial charge in [-0.2, -0.15) is 0 Å². The van der Waals surface area contributed by atoms with Crippen molar-refractivity contribution in [2.75, 3.05) is 5.32 Å². The number of amides is 1. The van der Waals surface area contributed by atoms with Gasteiger partial charge in [0.15, 0.2) is 0 Å². The number of fused-ring (bicyclic) bond motifs is 1. The first-order chi connectivity index (χ1) is 13.1. The molecule has 0 unspecified atom stereocenters. The molecule has 1 N–H and O–H groups in total. The van der Waals surface area contributed by atoms with E-state index in [1.165, 1.54) is 6.07 Å². The summed E-state index contributed by atoms with van der Waals surface area (Å²) >= 11 is 6.31. The Morgan fingerprint density at radius 3 is 2.63 bits per heavy atom. The Morgan fingerprint density at radius 1 is 1.04 bits per heavy atom. The second kappa shape index (κ2) is 7.25. The van der Waals surface area contributed by atoms with Crippen LogP contribution in [0.1, 0.15) is 16.7 Å². The lowest BCUT2D eigenvalue weighted by Gasteiger charge is -2.09. The highest BCUT2D eigenvalue weighted by atomic mass is 35.5. The third-order valence-electron chi connectivity index (χ3n) is 4.32. The van der Waals surface area contributed by atoms with E-state index < -0.39 is 0 Å². The predicted octanol–water partition coefficient (Wildman–Crippen LogP) is 5.55. The molecule has 4 rings (SSSR count). The number of rotatable bonds is 4. The van der Waals surface area contributed by atoms with Gasteiger partial charge in [-0.15, -0.1) is 0 Å². The summed E-state index contributed by atoms with van der Waals surface area (Å²) in [5, 5.41) is 3.23. The molecule has 0 radical (unpaired) electrons. The Balaban J connectivity index is 1.56. The highest BCUT2D eigenvalue weighted by Gasteiger charge is 2.23. The molecule has 1 heterocycles. The molecule has 0 saturated heterocycles. The molecule has 3 aromatic rings.